The van der Waals surface area contributed by atoms with Crippen LogP contribution in [-0.4, -0.2) is 42.5 Å². The second kappa shape index (κ2) is 8.64. The lowest BCUT2D eigenvalue weighted by molar-refractivity contribution is -0.141. The second-order valence-electron chi connectivity index (χ2n) is 7.14. The van der Waals surface area contributed by atoms with Crippen molar-refractivity contribution in [3.8, 4) is 11.3 Å². The Hall–Kier alpha value is -2.98. The number of carbonyl (C=O) groups excluding carboxylic acids is 2. The van der Waals surface area contributed by atoms with Gasteiger partial charge in [-0.25, -0.2) is 0 Å². The lowest BCUT2D eigenvalue weighted by Gasteiger charge is -2.30. The highest BCUT2D eigenvalue weighted by Crippen LogP contribution is 2.33. The summed E-state index contributed by atoms with van der Waals surface area (Å²) in [6, 6.07) is 7.23. The minimum atomic E-state index is -4.52. The highest BCUT2D eigenvalue weighted by atomic mass is 19.4. The summed E-state index contributed by atoms with van der Waals surface area (Å²) < 4.78 is 80.7. The SMILES string of the molecule is O=C(NCC(F)(F)F)C1CCN(C(=O)c2ccc(-c3cccc(C(F)(F)F)c3)o2)CC1. The van der Waals surface area contributed by atoms with Gasteiger partial charge in [0.05, 0.1) is 5.56 Å². The van der Waals surface area contributed by atoms with Crippen molar-refractivity contribution >= 4 is 11.8 Å². The van der Waals surface area contributed by atoms with E-state index in [1.807, 2.05) is 5.32 Å². The average molecular weight is 448 g/mol. The molecule has 168 valence electrons. The molecule has 1 aromatic heterocycles. The molecule has 0 aliphatic carbocycles. The summed E-state index contributed by atoms with van der Waals surface area (Å²) in [5.74, 6) is -1.84. The quantitative estimate of drug-likeness (QED) is 0.701. The Kier molecular flexibility index (Phi) is 6.33. The summed E-state index contributed by atoms with van der Waals surface area (Å²) in [4.78, 5) is 25.8. The number of rotatable bonds is 4. The fourth-order valence-electron chi connectivity index (χ4n) is 3.29. The van der Waals surface area contributed by atoms with Gasteiger partial charge in [0.1, 0.15) is 12.3 Å². The molecule has 1 saturated heterocycles. The molecular formula is C20H18F6N2O3. The molecule has 0 radical (unpaired) electrons. The zero-order valence-electron chi connectivity index (χ0n) is 16.0. The molecule has 1 fully saturated rings. The number of alkyl halides is 6. The minimum Gasteiger partial charge on any atom is -0.451 e. The molecule has 5 nitrogen and oxygen atoms in total. The highest BCUT2D eigenvalue weighted by molar-refractivity contribution is 5.92. The molecule has 0 saturated carbocycles. The van der Waals surface area contributed by atoms with Crippen LogP contribution in [0.1, 0.15) is 29.0 Å². The van der Waals surface area contributed by atoms with Crippen molar-refractivity contribution in [2.75, 3.05) is 19.6 Å². The molecule has 31 heavy (non-hydrogen) atoms. The number of carbonyl (C=O) groups is 2. The third-order valence-corrected chi connectivity index (χ3v) is 4.91. The van der Waals surface area contributed by atoms with Crippen LogP contribution < -0.4 is 5.32 Å². The number of furan rings is 1. The van der Waals surface area contributed by atoms with Crippen LogP contribution in [0.25, 0.3) is 11.3 Å². The number of benzene rings is 1. The van der Waals surface area contributed by atoms with Crippen LogP contribution in [0.5, 0.6) is 0 Å². The molecule has 1 aliphatic heterocycles. The van der Waals surface area contributed by atoms with Gasteiger partial charge in [-0.1, -0.05) is 12.1 Å². The van der Waals surface area contributed by atoms with Crippen molar-refractivity contribution in [3.05, 3.63) is 47.7 Å². The maximum absolute atomic E-state index is 12.9. The molecule has 1 aromatic carbocycles. The number of amides is 2. The van der Waals surface area contributed by atoms with Gasteiger partial charge in [0.15, 0.2) is 5.76 Å². The van der Waals surface area contributed by atoms with Gasteiger partial charge < -0.3 is 14.6 Å². The highest BCUT2D eigenvalue weighted by Gasteiger charge is 2.33. The molecule has 0 atom stereocenters. The maximum Gasteiger partial charge on any atom is 0.416 e. The smallest absolute Gasteiger partial charge is 0.416 e. The van der Waals surface area contributed by atoms with Crippen molar-refractivity contribution in [2.45, 2.75) is 25.2 Å². The summed E-state index contributed by atoms with van der Waals surface area (Å²) in [5.41, 5.74) is -0.686. The fraction of sp³-hybridized carbons (Fsp3) is 0.400. The standard InChI is InChI=1S/C20H18F6N2O3/c21-19(22,23)11-27-17(29)12-6-8-28(9-7-12)18(30)16-5-4-15(31-16)13-2-1-3-14(10-13)20(24,25)26/h1-5,10,12H,6-9,11H2,(H,27,29). The zero-order valence-corrected chi connectivity index (χ0v) is 16.0. The molecule has 11 heteroatoms. The Morgan fingerprint density at radius 2 is 1.71 bits per heavy atom. The van der Waals surface area contributed by atoms with E-state index >= 15 is 0 Å². The largest absolute Gasteiger partial charge is 0.451 e. The van der Waals surface area contributed by atoms with Gasteiger partial charge in [0.25, 0.3) is 5.91 Å². The fourth-order valence-corrected chi connectivity index (χ4v) is 3.29. The van der Waals surface area contributed by atoms with Crippen LogP contribution >= 0.6 is 0 Å². The van der Waals surface area contributed by atoms with Crippen LogP contribution in [0.2, 0.25) is 0 Å². The van der Waals surface area contributed by atoms with E-state index in [1.165, 1.54) is 29.2 Å². The van der Waals surface area contributed by atoms with Crippen molar-refractivity contribution < 1.29 is 40.3 Å². The van der Waals surface area contributed by atoms with E-state index in [4.69, 9.17) is 4.42 Å². The lowest BCUT2D eigenvalue weighted by atomic mass is 9.95. The lowest BCUT2D eigenvalue weighted by Crippen LogP contribution is -2.44. The van der Waals surface area contributed by atoms with Gasteiger partial charge in [-0.2, -0.15) is 26.3 Å². The maximum atomic E-state index is 12.9. The van der Waals surface area contributed by atoms with Gasteiger partial charge in [-0.05, 0) is 37.1 Å². The van der Waals surface area contributed by atoms with Gasteiger partial charge >= 0.3 is 12.4 Å². The summed E-state index contributed by atoms with van der Waals surface area (Å²) >= 11 is 0. The Labute approximate surface area is 173 Å². The van der Waals surface area contributed by atoms with Crippen molar-refractivity contribution in [1.82, 2.24) is 10.2 Å². The average Bonchev–Trinajstić information content (AvgIpc) is 3.21. The molecule has 2 amide bonds. The van der Waals surface area contributed by atoms with E-state index in [0.717, 1.165) is 12.1 Å². The summed E-state index contributed by atoms with van der Waals surface area (Å²) in [7, 11) is 0. The van der Waals surface area contributed by atoms with Crippen molar-refractivity contribution in [3.63, 3.8) is 0 Å². The molecule has 0 unspecified atom stereocenters. The molecule has 2 aromatic rings. The van der Waals surface area contributed by atoms with Crippen LogP contribution in [-0.2, 0) is 11.0 Å². The first kappa shape index (κ1) is 22.7. The number of halogens is 6. The predicted octanol–water partition coefficient (Wildman–Crippen LogP) is 4.50. The summed E-state index contributed by atoms with van der Waals surface area (Å²) in [6.07, 6.45) is -8.63. The number of hydrogen-bond donors (Lipinski definition) is 1. The van der Waals surface area contributed by atoms with Gasteiger partial charge in [-0.3, -0.25) is 9.59 Å². The van der Waals surface area contributed by atoms with Gasteiger partial charge in [0, 0.05) is 24.6 Å². The van der Waals surface area contributed by atoms with Crippen molar-refractivity contribution in [1.29, 1.82) is 0 Å². The molecule has 1 N–H and O–H groups in total. The number of likely N-dealkylation sites (tertiary alicyclic amines) is 1. The van der Waals surface area contributed by atoms with Crippen LogP contribution in [0.4, 0.5) is 26.3 Å². The monoisotopic (exact) mass is 448 g/mol. The third-order valence-electron chi connectivity index (χ3n) is 4.91. The van der Waals surface area contributed by atoms with Gasteiger partial charge in [0.2, 0.25) is 5.91 Å². The van der Waals surface area contributed by atoms with E-state index in [9.17, 15) is 35.9 Å². The predicted molar refractivity (Wildman–Crippen MR) is 96.8 cm³/mol. The number of nitrogens with one attached hydrogen (secondary N) is 1. The molecular weight excluding hydrogens is 430 g/mol. The summed E-state index contributed by atoms with van der Waals surface area (Å²) in [6.45, 7) is -1.12. The van der Waals surface area contributed by atoms with E-state index in [2.05, 4.69) is 0 Å². The number of piperidine rings is 1. The van der Waals surface area contributed by atoms with Crippen molar-refractivity contribution in [2.24, 2.45) is 5.92 Å². The topological polar surface area (TPSA) is 62.6 Å². The van der Waals surface area contributed by atoms with E-state index < -0.39 is 42.2 Å². The Morgan fingerprint density at radius 1 is 1.03 bits per heavy atom. The molecule has 0 bridgehead atoms. The number of nitrogens with zero attached hydrogens (tertiary/aromatic N) is 1. The number of hydrogen-bond acceptors (Lipinski definition) is 3. The normalized spacial score (nSPS) is 15.7. The molecule has 2 heterocycles. The zero-order chi connectivity index (χ0) is 22.8. The Balaban J connectivity index is 1.60. The van der Waals surface area contributed by atoms with E-state index in [0.29, 0.717) is 0 Å². The molecule has 0 spiro atoms. The minimum absolute atomic E-state index is 0.0765. The molecule has 1 aliphatic rings. The Morgan fingerprint density at radius 3 is 2.32 bits per heavy atom. The first-order chi connectivity index (χ1) is 14.4. The van der Waals surface area contributed by atoms with Crippen LogP contribution in [0.15, 0.2) is 40.8 Å². The Bertz CT molecular complexity index is 943. The van der Waals surface area contributed by atoms with E-state index in [1.54, 1.807) is 0 Å². The van der Waals surface area contributed by atoms with E-state index in [-0.39, 0.29) is 43.0 Å². The van der Waals surface area contributed by atoms with Crippen LogP contribution in [0.3, 0.4) is 0 Å². The molecule has 3 rings (SSSR count). The first-order valence-electron chi connectivity index (χ1n) is 9.35. The first-order valence-corrected chi connectivity index (χ1v) is 9.35. The van der Waals surface area contributed by atoms with Gasteiger partial charge in [-0.15, -0.1) is 0 Å². The second-order valence-corrected chi connectivity index (χ2v) is 7.14. The summed E-state index contributed by atoms with van der Waals surface area (Å²) in [5, 5.41) is 1.84. The third kappa shape index (κ3) is 5.80. The van der Waals surface area contributed by atoms with Crippen LogP contribution in [0, 0.1) is 5.92 Å².